The van der Waals surface area contributed by atoms with Gasteiger partial charge in [-0.2, -0.15) is 0 Å². The minimum atomic E-state index is -3.89. The van der Waals surface area contributed by atoms with Crippen LogP contribution in [0, 0.1) is 6.92 Å². The first-order valence-corrected chi connectivity index (χ1v) is 13.9. The molecule has 196 valence electrons. The fourth-order valence-electron chi connectivity index (χ4n) is 3.11. The van der Waals surface area contributed by atoms with E-state index >= 15 is 0 Å². The van der Waals surface area contributed by atoms with Crippen LogP contribution in [0.2, 0.25) is 10.0 Å². The van der Waals surface area contributed by atoms with Crippen molar-refractivity contribution in [3.8, 4) is 0 Å². The highest BCUT2D eigenvalue weighted by Crippen LogP contribution is 2.34. The number of esters is 1. The van der Waals surface area contributed by atoms with Crippen molar-refractivity contribution in [3.63, 3.8) is 0 Å². The average molecular weight is 602 g/mol. The molecule has 0 fully saturated rings. The molecule has 0 saturated heterocycles. The van der Waals surface area contributed by atoms with Crippen LogP contribution in [0.15, 0.2) is 47.4 Å². The molecule has 2 aromatic carbocycles. The number of nitrogens with zero attached hydrogens (tertiary/aromatic N) is 1. The molecule has 3 N–H and O–H groups in total. The average Bonchev–Trinajstić information content (AvgIpc) is 3.15. The molecule has 3 rings (SSSR count). The van der Waals surface area contributed by atoms with Gasteiger partial charge in [-0.3, -0.25) is 9.52 Å². The Kier molecular flexibility index (Phi) is 9.03. The number of benzene rings is 2. The second-order valence-electron chi connectivity index (χ2n) is 7.79. The fraction of sp³-hybridized carbons (Fsp3) is 0.174. The first-order chi connectivity index (χ1) is 17.3. The monoisotopic (exact) mass is 600 g/mol. The molecule has 0 aliphatic carbocycles. The molecular weight excluding hydrogens is 579 g/mol. The molecule has 37 heavy (non-hydrogen) atoms. The lowest BCUT2D eigenvalue weighted by atomic mass is 10.1. The van der Waals surface area contributed by atoms with Crippen LogP contribution < -0.4 is 15.4 Å². The maximum atomic E-state index is 12.7. The number of hydrogen-bond acceptors (Lipinski definition) is 7. The Balaban J connectivity index is 1.76. The first-order valence-electron chi connectivity index (χ1n) is 10.4. The zero-order valence-corrected chi connectivity index (χ0v) is 24.0. The molecule has 1 aromatic heterocycles. The maximum Gasteiger partial charge on any atom is 0.341 e. The molecule has 0 radical (unpaired) electrons. The second-order valence-corrected chi connectivity index (χ2v) is 11.7. The molecule has 14 heteroatoms. The number of carbonyl (C=O) groups is 2. The van der Waals surface area contributed by atoms with Gasteiger partial charge in [0.2, 0.25) is 0 Å². The number of hydrogen-bond donors (Lipinski definition) is 3. The highest BCUT2D eigenvalue weighted by Gasteiger charge is 2.26. The Labute approximate surface area is 233 Å². The Morgan fingerprint density at radius 1 is 1.00 bits per heavy atom. The lowest BCUT2D eigenvalue weighted by Crippen LogP contribution is -2.21. The zero-order chi connectivity index (χ0) is 27.5. The van der Waals surface area contributed by atoms with E-state index in [-0.39, 0.29) is 32.2 Å². The predicted molar refractivity (Wildman–Crippen MR) is 152 cm³/mol. The van der Waals surface area contributed by atoms with Crippen molar-refractivity contribution in [2.45, 2.75) is 11.8 Å². The summed E-state index contributed by atoms with van der Waals surface area (Å²) in [4.78, 5) is 26.7. The third-order valence-electron chi connectivity index (χ3n) is 4.96. The molecule has 0 bridgehead atoms. The molecule has 0 saturated carbocycles. The van der Waals surface area contributed by atoms with Crippen LogP contribution in [-0.2, 0) is 14.8 Å². The van der Waals surface area contributed by atoms with Crippen LogP contribution in [0.4, 0.5) is 16.4 Å². The van der Waals surface area contributed by atoms with E-state index in [1.165, 1.54) is 54.5 Å². The quantitative estimate of drug-likeness (QED) is 0.242. The lowest BCUT2D eigenvalue weighted by molar-refractivity contribution is 0.0601. The van der Waals surface area contributed by atoms with Gasteiger partial charge < -0.3 is 20.3 Å². The number of carbonyl (C=O) groups excluding carboxylic acids is 2. The number of sulfonamides is 1. The molecule has 0 atom stereocenters. The van der Waals surface area contributed by atoms with Crippen molar-refractivity contribution < 1.29 is 22.7 Å². The number of thiocarbonyl (C=S) groups is 1. The van der Waals surface area contributed by atoms with E-state index in [0.29, 0.717) is 26.2 Å². The molecule has 9 nitrogen and oxygen atoms in total. The largest absolute Gasteiger partial charge is 0.465 e. The lowest BCUT2D eigenvalue weighted by Gasteiger charge is -2.12. The predicted octanol–water partition coefficient (Wildman–Crippen LogP) is 5.46. The van der Waals surface area contributed by atoms with Gasteiger partial charge in [0, 0.05) is 19.8 Å². The van der Waals surface area contributed by atoms with Gasteiger partial charge in [-0.1, -0.05) is 23.2 Å². The number of rotatable bonds is 7. The van der Waals surface area contributed by atoms with E-state index in [1.54, 1.807) is 21.0 Å². The third-order valence-corrected chi connectivity index (χ3v) is 8.49. The smallest absolute Gasteiger partial charge is 0.341 e. The van der Waals surface area contributed by atoms with Crippen molar-refractivity contribution in [3.05, 3.63) is 68.5 Å². The molecule has 1 heterocycles. The Hall–Kier alpha value is -2.90. The van der Waals surface area contributed by atoms with Crippen molar-refractivity contribution in [1.82, 2.24) is 4.90 Å². The Bertz CT molecular complexity index is 1470. The summed E-state index contributed by atoms with van der Waals surface area (Å²) in [6, 6.07) is 10.2. The molecule has 0 unspecified atom stereocenters. The summed E-state index contributed by atoms with van der Waals surface area (Å²) in [6.07, 6.45) is 0. The van der Waals surface area contributed by atoms with Crippen molar-refractivity contribution in [2.75, 3.05) is 36.6 Å². The number of thiophene rings is 1. The van der Waals surface area contributed by atoms with E-state index in [9.17, 15) is 18.0 Å². The van der Waals surface area contributed by atoms with Crippen molar-refractivity contribution in [2.24, 2.45) is 0 Å². The minimum absolute atomic E-state index is 0.0108. The number of ether oxygens (including phenoxy) is 1. The van der Waals surface area contributed by atoms with Gasteiger partial charge in [-0.25, -0.2) is 13.2 Å². The number of nitrogens with one attached hydrogen (secondary N) is 3. The molecule has 0 spiro atoms. The number of halogens is 2. The summed E-state index contributed by atoms with van der Waals surface area (Å²) in [5.41, 5.74) is 1.44. The summed E-state index contributed by atoms with van der Waals surface area (Å²) in [7, 11) is 0.591. The topological polar surface area (TPSA) is 117 Å². The van der Waals surface area contributed by atoms with E-state index in [1.807, 2.05) is 0 Å². The van der Waals surface area contributed by atoms with Crippen molar-refractivity contribution in [1.29, 1.82) is 0 Å². The second kappa shape index (κ2) is 11.7. The molecule has 0 aliphatic rings. The van der Waals surface area contributed by atoms with Gasteiger partial charge in [0.15, 0.2) is 5.11 Å². The molecule has 3 aromatic rings. The van der Waals surface area contributed by atoms with E-state index in [2.05, 4.69) is 15.4 Å². The van der Waals surface area contributed by atoms with Crippen molar-refractivity contribution >= 4 is 90.1 Å². The van der Waals surface area contributed by atoms with E-state index in [4.69, 9.17) is 40.2 Å². The maximum absolute atomic E-state index is 12.7. The van der Waals surface area contributed by atoms with E-state index in [0.717, 1.165) is 11.3 Å². The first kappa shape index (κ1) is 28.7. The summed E-state index contributed by atoms with van der Waals surface area (Å²) >= 11 is 18.3. The van der Waals surface area contributed by atoms with Crippen LogP contribution in [0.3, 0.4) is 0 Å². The highest BCUT2D eigenvalue weighted by atomic mass is 35.5. The SMILES string of the molecule is COC(=O)c1c(NC(=S)Nc2ccc(S(=O)(=O)Nc3ccc(Cl)c(Cl)c3)cc2)sc(C(=O)N(C)C)c1C. The third kappa shape index (κ3) is 6.70. The van der Waals surface area contributed by atoms with Crippen LogP contribution in [0.1, 0.15) is 25.6 Å². The normalized spacial score (nSPS) is 11.0. The number of amides is 1. The van der Waals surface area contributed by atoms with Gasteiger partial charge in [-0.05, 0) is 67.2 Å². The van der Waals surface area contributed by atoms with Crippen LogP contribution in [0.5, 0.6) is 0 Å². The van der Waals surface area contributed by atoms with Gasteiger partial charge in [0.1, 0.15) is 5.00 Å². The van der Waals surface area contributed by atoms with Gasteiger partial charge in [0.05, 0.1) is 38.2 Å². The zero-order valence-electron chi connectivity index (χ0n) is 20.0. The van der Waals surface area contributed by atoms with Gasteiger partial charge in [-0.15, -0.1) is 11.3 Å². The van der Waals surface area contributed by atoms with Gasteiger partial charge >= 0.3 is 5.97 Å². The highest BCUT2D eigenvalue weighted by molar-refractivity contribution is 7.92. The Morgan fingerprint density at radius 3 is 2.19 bits per heavy atom. The molecular formula is C23H22Cl2N4O5S3. The summed E-state index contributed by atoms with van der Waals surface area (Å²) < 4.78 is 32.8. The fourth-order valence-corrected chi connectivity index (χ4v) is 5.97. The Morgan fingerprint density at radius 2 is 1.62 bits per heavy atom. The minimum Gasteiger partial charge on any atom is -0.465 e. The molecule has 1 amide bonds. The molecule has 0 aliphatic heterocycles. The summed E-state index contributed by atoms with van der Waals surface area (Å²) in [6.45, 7) is 1.66. The standard InChI is InChI=1S/C23H22Cl2N4O5S3/c1-12-18(22(31)34-4)20(36-19(12)21(30)29(2)3)27-23(35)26-13-5-8-15(9-6-13)37(32,33)28-14-7-10-16(24)17(25)11-14/h5-11,28H,1-4H3,(H2,26,27,35). The van der Waals surface area contributed by atoms with Crippen LogP contribution >= 0.6 is 46.8 Å². The summed E-state index contributed by atoms with van der Waals surface area (Å²) in [5, 5.41) is 6.86. The summed E-state index contributed by atoms with van der Waals surface area (Å²) in [5.74, 6) is -0.869. The number of methoxy groups -OCH3 is 1. The van der Waals surface area contributed by atoms with Gasteiger partial charge in [0.25, 0.3) is 15.9 Å². The van der Waals surface area contributed by atoms with E-state index < -0.39 is 16.0 Å². The van der Waals surface area contributed by atoms with Crippen LogP contribution in [0.25, 0.3) is 0 Å². The number of anilines is 3. The van der Waals surface area contributed by atoms with Crippen LogP contribution in [-0.4, -0.2) is 51.5 Å².